The normalized spacial score (nSPS) is 24.3. The fourth-order valence-corrected chi connectivity index (χ4v) is 5.50. The Morgan fingerprint density at radius 3 is 2.19 bits per heavy atom. The summed E-state index contributed by atoms with van der Waals surface area (Å²) in [5.41, 5.74) is 0.792. The molecule has 1 amide bonds. The van der Waals surface area contributed by atoms with Crippen LogP contribution in [0, 0.1) is 5.92 Å². The highest BCUT2D eigenvalue weighted by molar-refractivity contribution is 5.68. The van der Waals surface area contributed by atoms with Gasteiger partial charge in [0.2, 0.25) is 0 Å². The van der Waals surface area contributed by atoms with E-state index in [1.165, 1.54) is 50.8 Å². The first kappa shape index (κ1) is 27.2. The van der Waals surface area contributed by atoms with E-state index in [-0.39, 0.29) is 17.6 Å². The minimum atomic E-state index is -0.438. The van der Waals surface area contributed by atoms with Crippen LogP contribution >= 0.6 is 0 Å². The van der Waals surface area contributed by atoms with Crippen LogP contribution in [0.2, 0.25) is 0 Å². The number of alkyl carbamates (subject to hydrolysis) is 1. The zero-order chi connectivity index (χ0) is 25.9. The molecule has 0 unspecified atom stereocenters. The van der Waals surface area contributed by atoms with Gasteiger partial charge in [0.1, 0.15) is 17.2 Å². The van der Waals surface area contributed by atoms with Gasteiger partial charge in [-0.25, -0.2) is 14.8 Å². The summed E-state index contributed by atoms with van der Waals surface area (Å²) in [6.07, 6.45) is 9.36. The van der Waals surface area contributed by atoms with Gasteiger partial charge in [0.05, 0.1) is 0 Å². The van der Waals surface area contributed by atoms with Gasteiger partial charge >= 0.3 is 6.09 Å². The van der Waals surface area contributed by atoms with Crippen molar-refractivity contribution in [3.63, 3.8) is 0 Å². The quantitative estimate of drug-likeness (QED) is 0.546. The van der Waals surface area contributed by atoms with Gasteiger partial charge in [-0.15, -0.1) is 0 Å². The number of hydrogen-bond acceptors (Lipinski definition) is 6. The number of aromatic nitrogens is 2. The third-order valence-electron chi connectivity index (χ3n) is 8.04. The van der Waals surface area contributed by atoms with Crippen LogP contribution in [0.25, 0.3) is 0 Å². The molecule has 202 valence electrons. The van der Waals surface area contributed by atoms with Crippen molar-refractivity contribution in [3.8, 4) is 0 Å². The van der Waals surface area contributed by atoms with Crippen molar-refractivity contribution >= 4 is 11.9 Å². The molecule has 4 rings (SSSR count). The lowest BCUT2D eigenvalue weighted by Crippen LogP contribution is -2.47. The number of nitrogens with one attached hydrogen (secondary N) is 1. The summed E-state index contributed by atoms with van der Waals surface area (Å²) in [5, 5.41) is 3.07. The number of rotatable bonds is 6. The summed E-state index contributed by atoms with van der Waals surface area (Å²) in [6, 6.07) is 2.54. The molecule has 3 aliphatic rings. The smallest absolute Gasteiger partial charge is 0.407 e. The van der Waals surface area contributed by atoms with Gasteiger partial charge in [0.15, 0.2) is 0 Å². The first-order valence-corrected chi connectivity index (χ1v) is 14.3. The summed E-state index contributed by atoms with van der Waals surface area (Å²) in [6.45, 7) is 17.8. The van der Waals surface area contributed by atoms with E-state index in [0.29, 0.717) is 5.92 Å². The molecule has 1 aromatic rings. The molecular formula is C29H49N5O2. The van der Waals surface area contributed by atoms with Crippen molar-refractivity contribution in [1.29, 1.82) is 0 Å². The summed E-state index contributed by atoms with van der Waals surface area (Å²) < 4.78 is 5.42. The number of carbonyl (C=O) groups excluding carboxylic acids is 1. The zero-order valence-electron chi connectivity index (χ0n) is 23.6. The standard InChI is InChI=1S/C29H49N5O2/c1-28(2,3)26-31-24(22-8-7-9-22)20-25(32-26)34-18-16-33(17-19-34)15-14-21-10-12-23(13-11-21)30-27(35)36-29(4,5)6/h20-23H,7-19H2,1-6H3,(H,30,35)/t21-,23-. The molecule has 1 aliphatic heterocycles. The van der Waals surface area contributed by atoms with Crippen LogP contribution in [-0.2, 0) is 10.2 Å². The summed E-state index contributed by atoms with van der Waals surface area (Å²) in [7, 11) is 0. The van der Waals surface area contributed by atoms with E-state index in [1.807, 2.05) is 20.8 Å². The van der Waals surface area contributed by atoms with Crippen molar-refractivity contribution in [2.24, 2.45) is 5.92 Å². The fraction of sp³-hybridized carbons (Fsp3) is 0.828. The molecule has 2 saturated carbocycles. The summed E-state index contributed by atoms with van der Waals surface area (Å²) in [4.78, 5) is 27.1. The van der Waals surface area contributed by atoms with Crippen LogP contribution in [0.15, 0.2) is 6.07 Å². The molecule has 3 fully saturated rings. The van der Waals surface area contributed by atoms with E-state index in [2.05, 4.69) is 42.0 Å². The second-order valence-electron chi connectivity index (χ2n) is 13.3. The van der Waals surface area contributed by atoms with Gasteiger partial charge in [0.25, 0.3) is 0 Å². The first-order valence-electron chi connectivity index (χ1n) is 14.3. The molecule has 0 radical (unpaired) electrons. The highest BCUT2D eigenvalue weighted by Crippen LogP contribution is 2.37. The molecule has 2 aliphatic carbocycles. The van der Waals surface area contributed by atoms with Crippen molar-refractivity contribution in [1.82, 2.24) is 20.2 Å². The predicted molar refractivity (Wildman–Crippen MR) is 146 cm³/mol. The lowest BCUT2D eigenvalue weighted by Gasteiger charge is -2.37. The summed E-state index contributed by atoms with van der Waals surface area (Å²) in [5.74, 6) is 3.51. The number of anilines is 1. The van der Waals surface area contributed by atoms with Gasteiger partial charge < -0.3 is 15.0 Å². The number of nitrogens with zero attached hydrogens (tertiary/aromatic N) is 4. The summed E-state index contributed by atoms with van der Waals surface area (Å²) >= 11 is 0. The number of amides is 1. The molecule has 0 aromatic carbocycles. The monoisotopic (exact) mass is 499 g/mol. The van der Waals surface area contributed by atoms with E-state index in [9.17, 15) is 4.79 Å². The second-order valence-corrected chi connectivity index (χ2v) is 13.3. The van der Waals surface area contributed by atoms with E-state index in [4.69, 9.17) is 14.7 Å². The Labute approximate surface area is 218 Å². The fourth-order valence-electron chi connectivity index (χ4n) is 5.50. The average molecular weight is 500 g/mol. The average Bonchev–Trinajstić information content (AvgIpc) is 2.76. The van der Waals surface area contributed by atoms with Crippen LogP contribution in [0.5, 0.6) is 0 Å². The maximum Gasteiger partial charge on any atom is 0.407 e. The molecule has 1 N–H and O–H groups in total. The number of ether oxygens (including phenoxy) is 1. The van der Waals surface area contributed by atoms with Crippen molar-refractivity contribution in [2.45, 2.75) is 116 Å². The maximum atomic E-state index is 12.1. The van der Waals surface area contributed by atoms with E-state index in [1.54, 1.807) is 0 Å². The highest BCUT2D eigenvalue weighted by Gasteiger charge is 2.29. The Bertz CT molecular complexity index is 871. The van der Waals surface area contributed by atoms with Crippen LogP contribution in [0.1, 0.15) is 110 Å². The Kier molecular flexibility index (Phi) is 8.48. The molecule has 1 saturated heterocycles. The molecule has 0 bridgehead atoms. The Balaban J connectivity index is 1.21. The largest absolute Gasteiger partial charge is 0.444 e. The third kappa shape index (κ3) is 7.56. The van der Waals surface area contributed by atoms with Crippen LogP contribution in [0.4, 0.5) is 10.6 Å². The second kappa shape index (κ2) is 11.2. The SMILES string of the molecule is CC(C)(C)OC(=O)N[C@H]1CC[C@H](CCN2CCN(c3cc(C4CCC4)nc(C(C)(C)C)n3)CC2)CC1. The van der Waals surface area contributed by atoms with Crippen molar-refractivity contribution in [2.75, 3.05) is 37.6 Å². The number of carbonyl (C=O) groups is 1. The third-order valence-corrected chi connectivity index (χ3v) is 8.04. The molecule has 0 spiro atoms. The lowest BCUT2D eigenvalue weighted by atomic mass is 9.82. The van der Waals surface area contributed by atoms with Gasteiger partial charge in [-0.1, -0.05) is 27.2 Å². The first-order chi connectivity index (χ1) is 17.0. The van der Waals surface area contributed by atoms with E-state index < -0.39 is 5.60 Å². The van der Waals surface area contributed by atoms with Gasteiger partial charge in [-0.3, -0.25) is 4.90 Å². The van der Waals surface area contributed by atoms with Crippen molar-refractivity contribution in [3.05, 3.63) is 17.6 Å². The predicted octanol–water partition coefficient (Wildman–Crippen LogP) is 5.64. The van der Waals surface area contributed by atoms with Gasteiger partial charge in [-0.2, -0.15) is 0 Å². The molecule has 7 heteroatoms. The molecule has 1 aromatic heterocycles. The van der Waals surface area contributed by atoms with Crippen LogP contribution < -0.4 is 10.2 Å². The van der Waals surface area contributed by atoms with Gasteiger partial charge in [0, 0.05) is 55.3 Å². The molecule has 0 atom stereocenters. The van der Waals surface area contributed by atoms with Crippen molar-refractivity contribution < 1.29 is 9.53 Å². The Morgan fingerprint density at radius 1 is 0.972 bits per heavy atom. The molecule has 2 heterocycles. The molecule has 36 heavy (non-hydrogen) atoms. The minimum Gasteiger partial charge on any atom is -0.444 e. The number of piperazine rings is 1. The number of hydrogen-bond donors (Lipinski definition) is 1. The van der Waals surface area contributed by atoms with E-state index in [0.717, 1.165) is 56.6 Å². The molecular weight excluding hydrogens is 450 g/mol. The van der Waals surface area contributed by atoms with E-state index >= 15 is 0 Å². The van der Waals surface area contributed by atoms with Crippen LogP contribution in [0.3, 0.4) is 0 Å². The lowest BCUT2D eigenvalue weighted by molar-refractivity contribution is 0.0486. The maximum absolute atomic E-state index is 12.1. The minimum absolute atomic E-state index is 0.0300. The zero-order valence-corrected chi connectivity index (χ0v) is 23.6. The Morgan fingerprint density at radius 2 is 1.64 bits per heavy atom. The molecule has 7 nitrogen and oxygen atoms in total. The van der Waals surface area contributed by atoms with Crippen LogP contribution in [-0.4, -0.2) is 65.3 Å². The van der Waals surface area contributed by atoms with Gasteiger partial charge in [-0.05, 0) is 78.2 Å². The highest BCUT2D eigenvalue weighted by atomic mass is 16.6. The topological polar surface area (TPSA) is 70.6 Å². The Hall–Kier alpha value is -1.89.